The van der Waals surface area contributed by atoms with Gasteiger partial charge in [-0.15, -0.1) is 0 Å². The van der Waals surface area contributed by atoms with Crippen molar-refractivity contribution in [3.63, 3.8) is 0 Å². The summed E-state index contributed by atoms with van der Waals surface area (Å²) in [5.74, 6) is -2.97. The van der Waals surface area contributed by atoms with Crippen molar-refractivity contribution in [3.05, 3.63) is 119 Å². The highest BCUT2D eigenvalue weighted by molar-refractivity contribution is 7.86. The molecule has 2 heterocycles. The average Bonchev–Trinajstić information content (AvgIpc) is 3.08. The molecule has 7 aromatic carbocycles. The van der Waals surface area contributed by atoms with Gasteiger partial charge in [-0.3, -0.25) is 28.3 Å². The molecule has 50 heavy (non-hydrogen) atoms. The minimum Gasteiger partial charge on any atom is -0.282 e. The lowest BCUT2D eigenvalue weighted by molar-refractivity contribution is 0.0877. The van der Waals surface area contributed by atoms with Gasteiger partial charge in [0.2, 0.25) is 0 Å². The maximum Gasteiger partial charge on any atom is 0.296 e. The third-order valence-corrected chi connectivity index (χ3v) is 11.1. The van der Waals surface area contributed by atoms with Crippen molar-refractivity contribution >= 4 is 98.3 Å². The Bertz CT molecular complexity index is 2910. The van der Waals surface area contributed by atoms with Crippen LogP contribution in [0.3, 0.4) is 0 Å². The molecule has 0 unspecified atom stereocenters. The van der Waals surface area contributed by atoms with E-state index < -0.39 is 53.7 Å². The maximum atomic E-state index is 14.0. The van der Waals surface area contributed by atoms with E-state index >= 15 is 0 Å². The Kier molecular flexibility index (Phi) is 5.87. The molecule has 0 saturated carbocycles. The summed E-state index contributed by atoms with van der Waals surface area (Å²) in [6, 6.07) is 23.0. The lowest BCUT2D eigenvalue weighted by atomic mass is 9.82. The molecule has 0 saturated heterocycles. The lowest BCUT2D eigenvalue weighted by Crippen LogP contribution is -2.41. The molecule has 7 aromatic rings. The van der Waals surface area contributed by atoms with Crippen molar-refractivity contribution in [2.45, 2.75) is 9.79 Å². The van der Waals surface area contributed by atoms with Crippen LogP contribution in [0.2, 0.25) is 0 Å². The predicted octanol–water partition coefficient (Wildman–Crippen LogP) is 5.83. The number of hydrogen-bond acceptors (Lipinski definition) is 8. The third kappa shape index (κ3) is 3.86. The van der Waals surface area contributed by atoms with E-state index in [0.29, 0.717) is 43.1 Å². The van der Waals surface area contributed by atoms with Crippen LogP contribution in [0.15, 0.2) is 107 Å². The van der Waals surface area contributed by atoms with Gasteiger partial charge < -0.3 is 0 Å². The highest BCUT2D eigenvalue weighted by Gasteiger charge is 2.39. The van der Waals surface area contributed by atoms with Crippen LogP contribution in [0.1, 0.15) is 41.4 Å². The summed E-state index contributed by atoms with van der Waals surface area (Å²) in [6.07, 6.45) is 0. The number of carbonyl (C=O) groups excluding carboxylic acids is 4. The van der Waals surface area contributed by atoms with Crippen molar-refractivity contribution in [2.24, 2.45) is 0 Å². The molecule has 0 atom stereocenters. The van der Waals surface area contributed by atoms with Gasteiger partial charge in [-0.05, 0) is 86.9 Å². The van der Waals surface area contributed by atoms with E-state index in [-0.39, 0.29) is 33.6 Å². The predicted molar refractivity (Wildman–Crippen MR) is 182 cm³/mol. The molecule has 0 aliphatic carbocycles. The van der Waals surface area contributed by atoms with Gasteiger partial charge >= 0.3 is 0 Å². The minimum atomic E-state index is -4.79. The molecule has 0 bridgehead atoms. The summed E-state index contributed by atoms with van der Waals surface area (Å²) in [7, 11) is -9.41. The first kappa shape index (κ1) is 30.0. The maximum absolute atomic E-state index is 14.0. The molecule has 0 fully saturated rings. The molecule has 14 heteroatoms. The second-order valence-corrected chi connectivity index (χ2v) is 14.8. The molecule has 4 amide bonds. The second kappa shape index (κ2) is 9.77. The highest BCUT2D eigenvalue weighted by atomic mass is 32.2. The number of para-hydroxylation sites is 1. The Labute approximate surface area is 281 Å². The zero-order valence-corrected chi connectivity index (χ0v) is 26.7. The molecular formula is C36H18N2O10S2. The monoisotopic (exact) mass is 702 g/mol. The summed E-state index contributed by atoms with van der Waals surface area (Å²) in [5, 5.41) is 4.46. The number of amides is 4. The number of rotatable bonds is 4. The first-order valence-corrected chi connectivity index (χ1v) is 17.8. The minimum absolute atomic E-state index is 0.0404. The van der Waals surface area contributed by atoms with Gasteiger partial charge in [0.1, 0.15) is 4.90 Å². The van der Waals surface area contributed by atoms with Crippen molar-refractivity contribution in [1.82, 2.24) is 0 Å². The van der Waals surface area contributed by atoms with Gasteiger partial charge in [0, 0.05) is 33.0 Å². The van der Waals surface area contributed by atoms with Crippen molar-refractivity contribution in [3.8, 4) is 0 Å². The zero-order chi connectivity index (χ0) is 35.0. The number of fused-ring (bicyclic) bond motifs is 2. The van der Waals surface area contributed by atoms with Crippen LogP contribution in [0.4, 0.5) is 11.4 Å². The molecule has 0 aromatic heterocycles. The fraction of sp³-hybridized carbons (Fsp3) is 0. The summed E-state index contributed by atoms with van der Waals surface area (Å²) >= 11 is 0. The summed E-state index contributed by atoms with van der Waals surface area (Å²) in [4.78, 5) is 56.4. The molecule has 2 N–H and O–H groups in total. The topological polar surface area (TPSA) is 184 Å². The molecule has 244 valence electrons. The van der Waals surface area contributed by atoms with Crippen LogP contribution in [0.5, 0.6) is 0 Å². The summed E-state index contributed by atoms with van der Waals surface area (Å²) < 4.78 is 67.4. The Morgan fingerprint density at radius 3 is 1.32 bits per heavy atom. The number of carbonyl (C=O) groups is 4. The summed E-state index contributed by atoms with van der Waals surface area (Å²) in [6.45, 7) is 0. The average molecular weight is 703 g/mol. The van der Waals surface area contributed by atoms with Gasteiger partial charge in [-0.2, -0.15) is 16.8 Å². The van der Waals surface area contributed by atoms with Crippen molar-refractivity contribution in [2.75, 3.05) is 9.80 Å². The Morgan fingerprint density at radius 2 is 0.880 bits per heavy atom. The highest BCUT2D eigenvalue weighted by Crippen LogP contribution is 2.47. The van der Waals surface area contributed by atoms with Gasteiger partial charge in [0.15, 0.2) is 0 Å². The molecule has 2 aliphatic heterocycles. The number of hydrogen-bond donors (Lipinski definition) is 2. The Hall–Kier alpha value is -6.06. The smallest absolute Gasteiger partial charge is 0.282 e. The largest absolute Gasteiger partial charge is 0.296 e. The number of anilines is 2. The zero-order valence-electron chi connectivity index (χ0n) is 25.1. The molecule has 2 aliphatic rings. The van der Waals surface area contributed by atoms with Crippen LogP contribution in [-0.4, -0.2) is 49.6 Å². The standard InChI is InChI=1S/C36H18N2O10S2/c39-33-23-12-8-19-21-10-14-25-32-26(36(42)38(35(25)41)27-6-1-2-7-28(27)50(46,47)48)15-11-22(30(21)32)20-9-13-24(31(23)29(19)20)34(40)37(33)17-4-3-5-18(16-17)49(43,44)45/h1-16H,(H,43,44,45)(H,46,47,48). The Morgan fingerprint density at radius 1 is 0.440 bits per heavy atom. The van der Waals surface area contributed by atoms with E-state index in [4.69, 9.17) is 0 Å². The molecular weight excluding hydrogens is 685 g/mol. The van der Waals surface area contributed by atoms with Gasteiger partial charge in [-0.1, -0.05) is 42.5 Å². The van der Waals surface area contributed by atoms with E-state index in [1.54, 1.807) is 36.4 Å². The summed E-state index contributed by atoms with van der Waals surface area (Å²) in [5.41, 5.74) is 0.304. The van der Waals surface area contributed by atoms with E-state index in [2.05, 4.69) is 0 Å². The molecule has 0 spiro atoms. The van der Waals surface area contributed by atoms with Crippen LogP contribution in [0.25, 0.3) is 43.1 Å². The molecule has 12 nitrogen and oxygen atoms in total. The fourth-order valence-electron chi connectivity index (χ4n) is 7.36. The van der Waals surface area contributed by atoms with Crippen molar-refractivity contribution in [1.29, 1.82) is 0 Å². The van der Waals surface area contributed by atoms with Crippen LogP contribution in [0, 0.1) is 0 Å². The van der Waals surface area contributed by atoms with Crippen LogP contribution < -0.4 is 9.80 Å². The Balaban J connectivity index is 1.28. The first-order chi connectivity index (χ1) is 23.8. The lowest BCUT2D eigenvalue weighted by Gasteiger charge is -2.30. The van der Waals surface area contributed by atoms with Gasteiger partial charge in [0.05, 0.1) is 16.3 Å². The number of nitrogens with zero attached hydrogens (tertiary/aromatic N) is 2. The van der Waals surface area contributed by atoms with E-state index in [1.807, 2.05) is 0 Å². The normalized spacial score (nSPS) is 15.0. The van der Waals surface area contributed by atoms with Crippen LogP contribution >= 0.6 is 0 Å². The SMILES string of the molecule is O=C1c2ccc3c4ccc5c6c(ccc(c7ccc(c2c37)C(=O)N1c1cccc(S(=O)(=O)O)c1)c64)C(=O)N(c1ccccc1S(=O)(=O)O)C5=O. The van der Waals surface area contributed by atoms with Crippen LogP contribution in [-0.2, 0) is 20.2 Å². The van der Waals surface area contributed by atoms with E-state index in [9.17, 15) is 45.1 Å². The van der Waals surface area contributed by atoms with Crippen molar-refractivity contribution < 1.29 is 45.1 Å². The van der Waals surface area contributed by atoms with Gasteiger partial charge in [0.25, 0.3) is 43.9 Å². The molecule has 9 rings (SSSR count). The molecule has 0 radical (unpaired) electrons. The van der Waals surface area contributed by atoms with Gasteiger partial charge in [-0.25, -0.2) is 9.80 Å². The fourth-order valence-corrected chi connectivity index (χ4v) is 8.56. The van der Waals surface area contributed by atoms with E-state index in [1.165, 1.54) is 42.5 Å². The number of benzene rings is 7. The van der Waals surface area contributed by atoms with E-state index in [0.717, 1.165) is 28.0 Å². The number of imide groups is 2. The third-order valence-electron chi connectivity index (χ3n) is 9.39. The first-order valence-electron chi connectivity index (χ1n) is 14.9. The second-order valence-electron chi connectivity index (χ2n) is 11.9. The quantitative estimate of drug-likeness (QED) is 0.0979.